The van der Waals surface area contributed by atoms with Crippen molar-refractivity contribution in [1.82, 2.24) is 4.31 Å². The van der Waals surface area contributed by atoms with Gasteiger partial charge in [0, 0.05) is 41.9 Å². The number of hydrogen-bond donors (Lipinski definition) is 1. The number of anilines is 2. The SMILES string of the molecule is CCC(=O)N1CCc2cc(Br)c(S(=O)(=O)N3CCCC(C(=O)Nc4ccccc4CC)C3)cc21. The van der Waals surface area contributed by atoms with Crippen LogP contribution in [-0.2, 0) is 32.5 Å². The van der Waals surface area contributed by atoms with Gasteiger partial charge in [-0.1, -0.05) is 32.0 Å². The standard InChI is InChI=1S/C25H30BrN3O4S/c1-3-17-8-5-6-10-21(17)27-25(31)19-9-7-12-28(16-19)34(32,33)23-15-22-18(14-20(23)26)11-13-29(22)24(30)4-2/h5-6,8,10,14-15,19H,3-4,7,9,11-13,16H2,1-2H3,(H,27,31). The van der Waals surface area contributed by atoms with Crippen molar-refractivity contribution in [3.05, 3.63) is 52.0 Å². The molecule has 9 heteroatoms. The zero-order valence-corrected chi connectivity index (χ0v) is 21.9. The molecular formula is C25H30BrN3O4S. The number of piperidine rings is 1. The van der Waals surface area contributed by atoms with Crippen LogP contribution < -0.4 is 10.2 Å². The Balaban J connectivity index is 1.56. The molecule has 1 saturated heterocycles. The number of carbonyl (C=O) groups excluding carboxylic acids is 2. The minimum Gasteiger partial charge on any atom is -0.326 e. The number of fused-ring (bicyclic) bond motifs is 1. The fourth-order valence-electron chi connectivity index (χ4n) is 4.73. The van der Waals surface area contributed by atoms with Gasteiger partial charge in [-0.05, 0) is 70.9 Å². The van der Waals surface area contributed by atoms with Gasteiger partial charge in [-0.2, -0.15) is 4.31 Å². The normalized spacial score (nSPS) is 18.6. The Bertz CT molecular complexity index is 1210. The van der Waals surface area contributed by atoms with E-state index < -0.39 is 15.9 Å². The first-order chi connectivity index (χ1) is 16.3. The van der Waals surface area contributed by atoms with Crippen LogP contribution in [0.3, 0.4) is 0 Å². The van der Waals surface area contributed by atoms with Gasteiger partial charge < -0.3 is 10.2 Å². The molecule has 2 aliphatic heterocycles. The van der Waals surface area contributed by atoms with Gasteiger partial charge in [-0.25, -0.2) is 8.42 Å². The molecule has 0 aromatic heterocycles. The third-order valence-electron chi connectivity index (χ3n) is 6.66. The number of benzene rings is 2. The summed E-state index contributed by atoms with van der Waals surface area (Å²) in [5.74, 6) is -0.611. The average molecular weight is 549 g/mol. The van der Waals surface area contributed by atoms with Crippen LogP contribution in [0.5, 0.6) is 0 Å². The number of para-hydroxylation sites is 1. The first-order valence-corrected chi connectivity index (χ1v) is 14.0. The van der Waals surface area contributed by atoms with Gasteiger partial charge in [0.05, 0.1) is 10.8 Å². The van der Waals surface area contributed by atoms with E-state index in [1.807, 2.05) is 31.2 Å². The molecule has 34 heavy (non-hydrogen) atoms. The Morgan fingerprint density at radius 2 is 1.91 bits per heavy atom. The third-order valence-corrected chi connectivity index (χ3v) is 9.48. The Labute approximate surface area is 209 Å². The number of carbonyl (C=O) groups is 2. The van der Waals surface area contributed by atoms with Crippen molar-refractivity contribution in [3.8, 4) is 0 Å². The molecule has 2 aliphatic rings. The van der Waals surface area contributed by atoms with Crippen molar-refractivity contribution >= 4 is 49.1 Å². The summed E-state index contributed by atoms with van der Waals surface area (Å²) in [4.78, 5) is 27.2. The molecule has 1 unspecified atom stereocenters. The van der Waals surface area contributed by atoms with Gasteiger partial charge in [0.1, 0.15) is 0 Å². The van der Waals surface area contributed by atoms with E-state index in [9.17, 15) is 18.0 Å². The summed E-state index contributed by atoms with van der Waals surface area (Å²) < 4.78 is 29.2. The molecular weight excluding hydrogens is 518 g/mol. The quantitative estimate of drug-likeness (QED) is 0.582. The van der Waals surface area contributed by atoms with Crippen LogP contribution in [0.1, 0.15) is 44.2 Å². The lowest BCUT2D eigenvalue weighted by Gasteiger charge is -2.32. The molecule has 2 aromatic rings. The lowest BCUT2D eigenvalue weighted by Crippen LogP contribution is -2.43. The largest absolute Gasteiger partial charge is 0.326 e. The first-order valence-electron chi connectivity index (χ1n) is 11.8. The summed E-state index contributed by atoms with van der Waals surface area (Å²) in [7, 11) is -3.85. The van der Waals surface area contributed by atoms with Gasteiger partial charge in [-0.3, -0.25) is 9.59 Å². The molecule has 2 amide bonds. The van der Waals surface area contributed by atoms with Gasteiger partial charge >= 0.3 is 0 Å². The Hall–Kier alpha value is -2.23. The number of amides is 2. The molecule has 2 heterocycles. The van der Waals surface area contributed by atoms with E-state index in [0.717, 1.165) is 23.2 Å². The summed E-state index contributed by atoms with van der Waals surface area (Å²) in [6, 6.07) is 11.1. The van der Waals surface area contributed by atoms with Crippen LogP contribution in [0.4, 0.5) is 11.4 Å². The summed E-state index contributed by atoms with van der Waals surface area (Å²) >= 11 is 3.44. The monoisotopic (exact) mass is 547 g/mol. The van der Waals surface area contributed by atoms with Crippen LogP contribution >= 0.6 is 15.9 Å². The van der Waals surface area contributed by atoms with Crippen LogP contribution in [0.15, 0.2) is 45.8 Å². The highest BCUT2D eigenvalue weighted by Crippen LogP contribution is 2.37. The maximum Gasteiger partial charge on any atom is 0.244 e. The fourth-order valence-corrected chi connectivity index (χ4v) is 7.33. The summed E-state index contributed by atoms with van der Waals surface area (Å²) in [5, 5.41) is 3.00. The number of nitrogens with zero attached hydrogens (tertiary/aromatic N) is 2. The number of aryl methyl sites for hydroxylation is 1. The minimum atomic E-state index is -3.85. The van der Waals surface area contributed by atoms with E-state index in [-0.39, 0.29) is 23.3 Å². The highest BCUT2D eigenvalue weighted by atomic mass is 79.9. The van der Waals surface area contributed by atoms with Crippen molar-refractivity contribution in [2.75, 3.05) is 29.9 Å². The third kappa shape index (κ3) is 4.78. The molecule has 0 spiro atoms. The average Bonchev–Trinajstić information content (AvgIpc) is 3.26. The second-order valence-corrected chi connectivity index (χ2v) is 11.5. The maximum absolute atomic E-state index is 13.6. The highest BCUT2D eigenvalue weighted by molar-refractivity contribution is 9.10. The lowest BCUT2D eigenvalue weighted by atomic mass is 9.98. The second-order valence-electron chi connectivity index (χ2n) is 8.76. The van der Waals surface area contributed by atoms with Crippen molar-refractivity contribution < 1.29 is 18.0 Å². The van der Waals surface area contributed by atoms with Crippen molar-refractivity contribution in [2.24, 2.45) is 5.92 Å². The Morgan fingerprint density at radius 3 is 2.65 bits per heavy atom. The molecule has 0 bridgehead atoms. The smallest absolute Gasteiger partial charge is 0.244 e. The fraction of sp³-hybridized carbons (Fsp3) is 0.440. The van der Waals surface area contributed by atoms with Gasteiger partial charge in [-0.15, -0.1) is 0 Å². The molecule has 182 valence electrons. The molecule has 1 fully saturated rings. The minimum absolute atomic E-state index is 0.0218. The van der Waals surface area contributed by atoms with E-state index in [0.29, 0.717) is 48.9 Å². The molecule has 1 atom stereocenters. The van der Waals surface area contributed by atoms with Crippen LogP contribution in [0, 0.1) is 5.92 Å². The second kappa shape index (κ2) is 10.2. The summed E-state index contributed by atoms with van der Waals surface area (Å²) in [6.07, 6.45) is 3.10. The van der Waals surface area contributed by atoms with Crippen LogP contribution in [-0.4, -0.2) is 44.2 Å². The number of hydrogen-bond acceptors (Lipinski definition) is 4. The van der Waals surface area contributed by atoms with Crippen molar-refractivity contribution in [3.63, 3.8) is 0 Å². The Kier molecular flexibility index (Phi) is 7.45. The van der Waals surface area contributed by atoms with Gasteiger partial charge in [0.2, 0.25) is 21.8 Å². The summed E-state index contributed by atoms with van der Waals surface area (Å²) in [6.45, 7) is 4.88. The first kappa shape index (κ1) is 24.9. The van der Waals surface area contributed by atoms with E-state index in [1.54, 1.807) is 24.0 Å². The molecule has 1 N–H and O–H groups in total. The van der Waals surface area contributed by atoms with Crippen LogP contribution in [0.2, 0.25) is 0 Å². The highest BCUT2D eigenvalue weighted by Gasteiger charge is 2.36. The topological polar surface area (TPSA) is 86.8 Å². The van der Waals surface area contributed by atoms with E-state index in [4.69, 9.17) is 0 Å². The predicted molar refractivity (Wildman–Crippen MR) is 136 cm³/mol. The Morgan fingerprint density at radius 1 is 1.15 bits per heavy atom. The maximum atomic E-state index is 13.6. The summed E-state index contributed by atoms with van der Waals surface area (Å²) in [5.41, 5.74) is 3.44. The van der Waals surface area contributed by atoms with Gasteiger partial charge in [0.15, 0.2) is 0 Å². The number of sulfonamides is 1. The zero-order chi connectivity index (χ0) is 24.5. The number of nitrogens with one attached hydrogen (secondary N) is 1. The van der Waals surface area contributed by atoms with Crippen molar-refractivity contribution in [1.29, 1.82) is 0 Å². The zero-order valence-electron chi connectivity index (χ0n) is 19.5. The molecule has 0 saturated carbocycles. The van der Waals surface area contributed by atoms with Crippen molar-refractivity contribution in [2.45, 2.75) is 50.8 Å². The molecule has 2 aromatic carbocycles. The van der Waals surface area contributed by atoms with Crippen LogP contribution in [0.25, 0.3) is 0 Å². The number of rotatable bonds is 6. The predicted octanol–water partition coefficient (Wildman–Crippen LogP) is 4.35. The molecule has 0 aliphatic carbocycles. The molecule has 0 radical (unpaired) electrons. The van der Waals surface area contributed by atoms with E-state index in [1.165, 1.54) is 4.31 Å². The van der Waals surface area contributed by atoms with E-state index >= 15 is 0 Å². The number of halogens is 1. The molecule has 7 nitrogen and oxygen atoms in total. The van der Waals surface area contributed by atoms with E-state index in [2.05, 4.69) is 21.2 Å². The van der Waals surface area contributed by atoms with Gasteiger partial charge in [0.25, 0.3) is 0 Å². The lowest BCUT2D eigenvalue weighted by molar-refractivity contribution is -0.121. The molecule has 4 rings (SSSR count).